The molecule has 3 nitrogen and oxygen atoms in total. The number of ether oxygens (including phenoxy) is 2. The number of benzene rings is 2. The normalized spacial score (nSPS) is 10.6. The van der Waals surface area contributed by atoms with E-state index in [1.165, 1.54) is 0 Å². The van der Waals surface area contributed by atoms with Gasteiger partial charge in [0, 0.05) is 17.6 Å². The molecule has 0 N–H and O–H groups in total. The van der Waals surface area contributed by atoms with Crippen molar-refractivity contribution in [3.05, 3.63) is 65.3 Å². The molecule has 0 aliphatic carbocycles. The molecule has 0 saturated heterocycles. The molecule has 0 bridgehead atoms. The molecule has 1 heterocycles. The first-order valence-electron chi connectivity index (χ1n) is 6.56. The Morgan fingerprint density at radius 2 is 1.76 bits per heavy atom. The number of hydrogen-bond acceptors (Lipinski definition) is 3. The first-order valence-corrected chi connectivity index (χ1v) is 6.94. The molecule has 0 aliphatic rings. The molecule has 0 aliphatic heterocycles. The van der Waals surface area contributed by atoms with Crippen molar-refractivity contribution in [2.24, 2.45) is 0 Å². The molecule has 3 rings (SSSR count). The highest BCUT2D eigenvalue weighted by atomic mass is 35.5. The van der Waals surface area contributed by atoms with Crippen LogP contribution in [0.2, 0.25) is 5.02 Å². The van der Waals surface area contributed by atoms with Gasteiger partial charge >= 0.3 is 0 Å². The average molecular weight is 300 g/mol. The summed E-state index contributed by atoms with van der Waals surface area (Å²) in [6.45, 7) is 0.496. The zero-order valence-corrected chi connectivity index (χ0v) is 12.3. The first-order chi connectivity index (χ1) is 10.3. The van der Waals surface area contributed by atoms with E-state index < -0.39 is 0 Å². The second-order valence-corrected chi connectivity index (χ2v) is 5.02. The van der Waals surface area contributed by atoms with E-state index in [-0.39, 0.29) is 0 Å². The number of hydrogen-bond donors (Lipinski definition) is 0. The Bertz CT molecular complexity index is 756. The lowest BCUT2D eigenvalue weighted by Gasteiger charge is -2.08. The molecule has 2 aromatic carbocycles. The van der Waals surface area contributed by atoms with Gasteiger partial charge < -0.3 is 9.47 Å². The molecule has 3 aromatic rings. The van der Waals surface area contributed by atoms with Crippen LogP contribution >= 0.6 is 11.6 Å². The van der Waals surface area contributed by atoms with Gasteiger partial charge in [0.05, 0.1) is 17.6 Å². The highest BCUT2D eigenvalue weighted by Crippen LogP contribution is 2.25. The molecular weight excluding hydrogens is 286 g/mol. The second-order valence-electron chi connectivity index (χ2n) is 4.61. The van der Waals surface area contributed by atoms with Gasteiger partial charge in [0.1, 0.15) is 18.1 Å². The number of nitrogens with zero attached hydrogens (tertiary/aromatic N) is 1. The van der Waals surface area contributed by atoms with Gasteiger partial charge in [-0.05, 0) is 35.9 Å². The molecule has 0 atom stereocenters. The van der Waals surface area contributed by atoms with Crippen LogP contribution < -0.4 is 9.47 Å². The minimum Gasteiger partial charge on any atom is -0.497 e. The van der Waals surface area contributed by atoms with Crippen LogP contribution in [-0.4, -0.2) is 12.1 Å². The first kappa shape index (κ1) is 13.7. The summed E-state index contributed by atoms with van der Waals surface area (Å²) in [5.74, 6) is 1.61. The Kier molecular flexibility index (Phi) is 3.93. The van der Waals surface area contributed by atoms with Crippen LogP contribution in [0.1, 0.15) is 5.56 Å². The molecule has 0 amide bonds. The van der Waals surface area contributed by atoms with Gasteiger partial charge in [0.2, 0.25) is 0 Å². The number of fused-ring (bicyclic) bond motifs is 1. The predicted octanol–water partition coefficient (Wildman–Crippen LogP) is 4.48. The number of halogens is 1. The van der Waals surface area contributed by atoms with Crippen LogP contribution in [0.15, 0.2) is 54.7 Å². The molecule has 0 unspecified atom stereocenters. The maximum atomic E-state index is 6.12. The molecule has 106 valence electrons. The maximum absolute atomic E-state index is 6.12. The van der Waals surface area contributed by atoms with Crippen molar-refractivity contribution in [3.8, 4) is 11.5 Å². The van der Waals surface area contributed by atoms with Crippen LogP contribution in [0.5, 0.6) is 11.5 Å². The van der Waals surface area contributed by atoms with Crippen LogP contribution in [0.4, 0.5) is 0 Å². The quantitative estimate of drug-likeness (QED) is 0.712. The topological polar surface area (TPSA) is 31.4 Å². The summed E-state index contributed by atoms with van der Waals surface area (Å²) >= 11 is 6.12. The summed E-state index contributed by atoms with van der Waals surface area (Å²) in [6, 6.07) is 15.3. The Morgan fingerprint density at radius 3 is 2.52 bits per heavy atom. The minimum atomic E-state index is 0.496. The summed E-state index contributed by atoms with van der Waals surface area (Å²) < 4.78 is 10.9. The zero-order chi connectivity index (χ0) is 14.7. The van der Waals surface area contributed by atoms with Gasteiger partial charge in [-0.25, -0.2) is 0 Å². The lowest BCUT2D eigenvalue weighted by molar-refractivity contribution is 0.306. The number of aromatic nitrogens is 1. The van der Waals surface area contributed by atoms with Gasteiger partial charge in [-0.1, -0.05) is 23.7 Å². The Labute approximate surface area is 128 Å². The summed E-state index contributed by atoms with van der Waals surface area (Å²) in [4.78, 5) is 4.30. The van der Waals surface area contributed by atoms with Crippen LogP contribution in [0.3, 0.4) is 0 Å². The highest BCUT2D eigenvalue weighted by Gasteiger charge is 2.02. The molecule has 4 heteroatoms. The van der Waals surface area contributed by atoms with Crippen molar-refractivity contribution in [2.45, 2.75) is 6.61 Å². The summed E-state index contributed by atoms with van der Waals surface area (Å²) in [6.07, 6.45) is 1.69. The monoisotopic (exact) mass is 299 g/mol. The third-order valence-electron chi connectivity index (χ3n) is 3.23. The van der Waals surface area contributed by atoms with E-state index in [0.717, 1.165) is 28.0 Å². The average Bonchev–Trinajstić information content (AvgIpc) is 2.53. The highest BCUT2D eigenvalue weighted by molar-refractivity contribution is 6.35. The fourth-order valence-electron chi connectivity index (χ4n) is 2.07. The molecule has 0 fully saturated rings. The summed E-state index contributed by atoms with van der Waals surface area (Å²) in [5, 5.41) is 1.62. The van der Waals surface area contributed by atoms with Gasteiger partial charge in [-0.15, -0.1) is 0 Å². The van der Waals surface area contributed by atoms with Crippen molar-refractivity contribution in [2.75, 3.05) is 7.11 Å². The SMILES string of the molecule is COc1ccc(COc2ccc3c(Cl)ccnc3c2)cc1. The van der Waals surface area contributed by atoms with E-state index in [0.29, 0.717) is 11.6 Å². The van der Waals surface area contributed by atoms with Gasteiger partial charge in [-0.3, -0.25) is 4.98 Å². The third-order valence-corrected chi connectivity index (χ3v) is 3.56. The van der Waals surface area contributed by atoms with Crippen LogP contribution in [0, 0.1) is 0 Å². The fourth-order valence-corrected chi connectivity index (χ4v) is 2.29. The molecule has 21 heavy (non-hydrogen) atoms. The summed E-state index contributed by atoms with van der Waals surface area (Å²) in [7, 11) is 1.65. The van der Waals surface area contributed by atoms with Crippen molar-refractivity contribution in [1.29, 1.82) is 0 Å². The largest absolute Gasteiger partial charge is 0.497 e. The number of methoxy groups -OCH3 is 1. The summed E-state index contributed by atoms with van der Waals surface area (Å²) in [5.41, 5.74) is 1.91. The van der Waals surface area contributed by atoms with Gasteiger partial charge in [0.25, 0.3) is 0 Å². The predicted molar refractivity (Wildman–Crippen MR) is 84.1 cm³/mol. The molecule has 0 radical (unpaired) electrons. The van der Waals surface area contributed by atoms with Crippen molar-refractivity contribution in [3.63, 3.8) is 0 Å². The van der Waals surface area contributed by atoms with Crippen LogP contribution in [0.25, 0.3) is 10.9 Å². The third kappa shape index (κ3) is 3.09. The van der Waals surface area contributed by atoms with E-state index in [2.05, 4.69) is 4.98 Å². The Hall–Kier alpha value is -2.26. The second kappa shape index (κ2) is 6.02. The molecular formula is C17H14ClNO2. The molecule has 0 saturated carbocycles. The lowest BCUT2D eigenvalue weighted by atomic mass is 10.2. The van der Waals surface area contributed by atoms with Gasteiger partial charge in [0.15, 0.2) is 0 Å². The van der Waals surface area contributed by atoms with E-state index in [9.17, 15) is 0 Å². The Balaban J connectivity index is 1.75. The van der Waals surface area contributed by atoms with Gasteiger partial charge in [-0.2, -0.15) is 0 Å². The van der Waals surface area contributed by atoms with Crippen LogP contribution in [-0.2, 0) is 6.61 Å². The zero-order valence-electron chi connectivity index (χ0n) is 11.5. The van der Waals surface area contributed by atoms with E-state index in [1.807, 2.05) is 42.5 Å². The fraction of sp³-hybridized carbons (Fsp3) is 0.118. The number of rotatable bonds is 4. The number of pyridine rings is 1. The molecule has 0 spiro atoms. The maximum Gasteiger partial charge on any atom is 0.122 e. The van der Waals surface area contributed by atoms with E-state index >= 15 is 0 Å². The standard InChI is InChI=1S/C17H14ClNO2/c1-20-13-4-2-12(3-5-13)11-21-14-6-7-15-16(18)8-9-19-17(15)10-14/h2-10H,11H2,1H3. The van der Waals surface area contributed by atoms with Crippen molar-refractivity contribution >= 4 is 22.5 Å². The van der Waals surface area contributed by atoms with E-state index in [4.69, 9.17) is 21.1 Å². The lowest BCUT2D eigenvalue weighted by Crippen LogP contribution is -1.95. The molecule has 1 aromatic heterocycles. The van der Waals surface area contributed by atoms with Crippen molar-refractivity contribution in [1.82, 2.24) is 4.98 Å². The minimum absolute atomic E-state index is 0.496. The van der Waals surface area contributed by atoms with E-state index in [1.54, 1.807) is 19.4 Å². The smallest absolute Gasteiger partial charge is 0.122 e. The Morgan fingerprint density at radius 1 is 1.00 bits per heavy atom. The van der Waals surface area contributed by atoms with Crippen molar-refractivity contribution < 1.29 is 9.47 Å².